The molecule has 0 spiro atoms. The first-order valence-corrected chi connectivity index (χ1v) is 18.3. The summed E-state index contributed by atoms with van der Waals surface area (Å²) in [6.45, 7) is 5.54. The molecule has 1 N–H and O–H groups in total. The molecular formula is C35H46ClN3O5S. The van der Waals surface area contributed by atoms with Crippen LogP contribution in [-0.2, 0) is 32.4 Å². The lowest BCUT2D eigenvalue weighted by atomic mass is 9.70. The summed E-state index contributed by atoms with van der Waals surface area (Å²) in [4.78, 5) is 28.7. The van der Waals surface area contributed by atoms with E-state index < -0.39 is 27.0 Å². The summed E-state index contributed by atoms with van der Waals surface area (Å²) >= 11 is 6.44. The predicted molar refractivity (Wildman–Crippen MR) is 180 cm³/mol. The number of rotatable bonds is 4. The highest BCUT2D eigenvalue weighted by Gasteiger charge is 2.38. The molecule has 2 aromatic carbocycles. The normalized spacial score (nSPS) is 28.2. The van der Waals surface area contributed by atoms with Gasteiger partial charge in [0.05, 0.1) is 23.6 Å². The molecular weight excluding hydrogens is 610 g/mol. The number of aryl methyl sites for hydroxylation is 1. The van der Waals surface area contributed by atoms with Crippen molar-refractivity contribution in [3.8, 4) is 5.75 Å². The largest absolute Gasteiger partial charge is 0.491 e. The zero-order valence-electron chi connectivity index (χ0n) is 26.6. The molecule has 5 atom stereocenters. The number of nitrogens with one attached hydrogen (secondary N) is 1. The number of anilines is 1. The molecule has 2 aliphatic heterocycles. The van der Waals surface area contributed by atoms with Crippen molar-refractivity contribution in [1.82, 2.24) is 4.72 Å². The van der Waals surface area contributed by atoms with E-state index in [9.17, 15) is 13.8 Å². The zero-order chi connectivity index (χ0) is 32.0. The van der Waals surface area contributed by atoms with Crippen LogP contribution in [0.2, 0.25) is 5.02 Å². The van der Waals surface area contributed by atoms with Crippen molar-refractivity contribution >= 4 is 39.0 Å². The lowest BCUT2D eigenvalue weighted by Crippen LogP contribution is -2.43. The molecule has 45 heavy (non-hydrogen) atoms. The van der Waals surface area contributed by atoms with Crippen LogP contribution in [0.5, 0.6) is 5.75 Å². The fourth-order valence-corrected chi connectivity index (χ4v) is 8.97. The second-order valence-electron chi connectivity index (χ2n) is 12.4. The highest BCUT2D eigenvalue weighted by Crippen LogP contribution is 2.42. The molecule has 1 fully saturated rings. The number of fused-ring (bicyclic) bond motifs is 3. The van der Waals surface area contributed by atoms with E-state index >= 15 is 0 Å². The van der Waals surface area contributed by atoms with Crippen molar-refractivity contribution < 1.29 is 23.3 Å². The molecule has 2 bridgehead atoms. The minimum Gasteiger partial charge on any atom is -0.491 e. The van der Waals surface area contributed by atoms with Crippen LogP contribution in [0.4, 0.5) is 5.69 Å². The first kappa shape index (κ1) is 33.5. The highest BCUT2D eigenvalue weighted by molar-refractivity contribution is 7.93. The standard InChI is InChI=1S/C35H46ClN3O5S/c1-4-29-11-6-7-12-32(43-3)30-17-14-27(30)23-39-22-26-13-16-28(36)20-24(26)10-8-9-19-44-33-18-15-25(21-31(33)39)35(41)38-45(29,42)37-34(40)5-2/h7,12-13,15-16,18,20-21,27,29-30,32H,4-6,8-11,14,17,19,22-23H2,1-3H3,(H,37,38,40,41,42)/b12-7+/t27-,29+,30+,32-,45-/m0/s1. The van der Waals surface area contributed by atoms with Gasteiger partial charge in [0.1, 0.15) is 15.7 Å². The topological polar surface area (TPSA) is 97.3 Å². The summed E-state index contributed by atoms with van der Waals surface area (Å²) in [5.74, 6) is 0.437. The molecule has 8 nitrogen and oxygen atoms in total. The molecule has 0 aromatic heterocycles. The van der Waals surface area contributed by atoms with Crippen molar-refractivity contribution in [3.05, 3.63) is 70.3 Å². The summed E-state index contributed by atoms with van der Waals surface area (Å²) < 4.78 is 33.6. The van der Waals surface area contributed by atoms with Crippen molar-refractivity contribution in [1.29, 1.82) is 0 Å². The molecule has 0 unspecified atom stereocenters. The van der Waals surface area contributed by atoms with Gasteiger partial charge in [-0.2, -0.15) is 0 Å². The maximum absolute atomic E-state index is 14.4. The Balaban J connectivity index is 1.66. The lowest BCUT2D eigenvalue weighted by Gasteiger charge is -2.43. The fraction of sp³-hybridized carbons (Fsp3) is 0.543. The fourth-order valence-electron chi connectivity index (χ4n) is 6.68. The summed E-state index contributed by atoms with van der Waals surface area (Å²) in [6.07, 6.45) is 10.9. The van der Waals surface area contributed by atoms with Gasteiger partial charge in [-0.25, -0.2) is 4.21 Å². The number of allylic oxidation sites excluding steroid dienone is 1. The summed E-state index contributed by atoms with van der Waals surface area (Å²) in [5, 5.41) is 0.233. The average molecular weight is 656 g/mol. The molecule has 1 saturated carbocycles. The molecule has 0 saturated heterocycles. The van der Waals surface area contributed by atoms with Crippen LogP contribution in [0, 0.1) is 11.8 Å². The Labute approximate surface area is 273 Å². The van der Waals surface area contributed by atoms with E-state index in [-0.39, 0.29) is 12.5 Å². The van der Waals surface area contributed by atoms with Gasteiger partial charge in [0.25, 0.3) is 5.91 Å². The van der Waals surface area contributed by atoms with Crippen molar-refractivity contribution in [3.63, 3.8) is 0 Å². The predicted octanol–water partition coefficient (Wildman–Crippen LogP) is 7.28. The lowest BCUT2D eigenvalue weighted by molar-refractivity contribution is -0.119. The maximum Gasteiger partial charge on any atom is 0.286 e. The number of nitrogens with zero attached hydrogens (tertiary/aromatic N) is 2. The number of ether oxygens (including phenoxy) is 2. The van der Waals surface area contributed by atoms with Crippen LogP contribution in [-0.4, -0.2) is 47.6 Å². The Morgan fingerprint density at radius 2 is 1.98 bits per heavy atom. The Morgan fingerprint density at radius 1 is 1.13 bits per heavy atom. The number of benzene rings is 2. The van der Waals surface area contributed by atoms with Crippen LogP contribution in [0.15, 0.2) is 52.9 Å². The number of carbonyl (C=O) groups excluding carboxylic acids is 2. The molecule has 1 aliphatic carbocycles. The van der Waals surface area contributed by atoms with Crippen LogP contribution < -0.4 is 14.4 Å². The van der Waals surface area contributed by atoms with Crippen molar-refractivity contribution in [2.45, 2.75) is 89.5 Å². The van der Waals surface area contributed by atoms with Gasteiger partial charge >= 0.3 is 0 Å². The number of methoxy groups -OCH3 is 1. The van der Waals surface area contributed by atoms with Crippen LogP contribution in [0.3, 0.4) is 0 Å². The van der Waals surface area contributed by atoms with Gasteiger partial charge < -0.3 is 14.4 Å². The molecule has 5 rings (SSSR count). The quantitative estimate of drug-likeness (QED) is 0.348. The minimum absolute atomic E-state index is 0.0378. The van der Waals surface area contributed by atoms with E-state index in [0.717, 1.165) is 49.4 Å². The van der Waals surface area contributed by atoms with E-state index in [2.05, 4.69) is 38.3 Å². The summed E-state index contributed by atoms with van der Waals surface area (Å²) in [7, 11) is -1.64. The molecule has 2 aromatic rings. The highest BCUT2D eigenvalue weighted by atomic mass is 35.5. The van der Waals surface area contributed by atoms with E-state index in [1.807, 2.05) is 25.1 Å². The van der Waals surface area contributed by atoms with Gasteiger partial charge in [0.2, 0.25) is 5.91 Å². The number of hydrogen-bond acceptors (Lipinski definition) is 6. The number of amides is 2. The molecule has 2 amide bonds. The smallest absolute Gasteiger partial charge is 0.286 e. The summed E-state index contributed by atoms with van der Waals surface area (Å²) in [6, 6.07) is 11.5. The second kappa shape index (κ2) is 15.1. The Hall–Kier alpha value is -2.88. The third-order valence-electron chi connectivity index (χ3n) is 9.49. The van der Waals surface area contributed by atoms with Crippen LogP contribution >= 0.6 is 11.6 Å². The monoisotopic (exact) mass is 655 g/mol. The molecule has 0 radical (unpaired) electrons. The Morgan fingerprint density at radius 3 is 2.71 bits per heavy atom. The molecule has 10 heteroatoms. The molecule has 244 valence electrons. The third-order valence-corrected chi connectivity index (χ3v) is 12.2. The zero-order valence-corrected chi connectivity index (χ0v) is 28.2. The SMILES string of the molecule is CCC(=O)N[S@]1(=O)=NC(=O)c2ccc3c(c2)N(Cc2ccc(Cl)cc2CCCCO3)C[C@@H]2CC[C@H]2[C@@H](OC)/C=C/CC[C@H]1CC. The van der Waals surface area contributed by atoms with Gasteiger partial charge in [-0.3, -0.25) is 14.3 Å². The van der Waals surface area contributed by atoms with Crippen molar-refractivity contribution in [2.24, 2.45) is 16.2 Å². The average Bonchev–Trinajstić information content (AvgIpc) is 3.04. The van der Waals surface area contributed by atoms with Gasteiger partial charge in [0, 0.05) is 37.2 Å². The van der Waals surface area contributed by atoms with Crippen LogP contribution in [0.1, 0.15) is 86.7 Å². The van der Waals surface area contributed by atoms with E-state index in [1.54, 1.807) is 20.1 Å². The minimum atomic E-state index is -3.40. The summed E-state index contributed by atoms with van der Waals surface area (Å²) in [5.41, 5.74) is 3.53. The molecule has 2 heterocycles. The first-order chi connectivity index (χ1) is 21.7. The number of halogens is 1. The van der Waals surface area contributed by atoms with Crippen LogP contribution in [0.25, 0.3) is 0 Å². The number of hydrogen-bond donors (Lipinski definition) is 1. The molecule has 3 aliphatic rings. The Bertz CT molecular complexity index is 1540. The van der Waals surface area contributed by atoms with Gasteiger partial charge in [0.15, 0.2) is 0 Å². The van der Waals surface area contributed by atoms with E-state index in [4.69, 9.17) is 21.1 Å². The van der Waals surface area contributed by atoms with E-state index in [0.29, 0.717) is 55.6 Å². The second-order valence-corrected chi connectivity index (χ2v) is 15.0. The third kappa shape index (κ3) is 7.92. The maximum atomic E-state index is 14.4. The van der Waals surface area contributed by atoms with E-state index in [1.165, 1.54) is 11.1 Å². The first-order valence-electron chi connectivity index (χ1n) is 16.3. The van der Waals surface area contributed by atoms with Gasteiger partial charge in [-0.05, 0) is 105 Å². The van der Waals surface area contributed by atoms with Crippen molar-refractivity contribution in [2.75, 3.05) is 25.2 Å². The van der Waals surface area contributed by atoms with Gasteiger partial charge in [-0.1, -0.05) is 43.7 Å². The van der Waals surface area contributed by atoms with Gasteiger partial charge in [-0.15, -0.1) is 4.36 Å². The Kier molecular flexibility index (Phi) is 11.3. The number of carbonyl (C=O) groups is 2.